The SMILES string of the molecule is CC/C=C/C/C=C/C/C=C/C/C=C/C/C=C/CCCC(=O)OC[C@H](COP(=O)(O)OC[C@H](N)C(=O)O)OC(=O)CCCCCCCCCCC/C=C/CCCCCC. The second-order valence-electron chi connectivity index (χ2n) is 14.4. The van der Waals surface area contributed by atoms with Crippen molar-refractivity contribution in [2.45, 2.75) is 180 Å². The second-order valence-corrected chi connectivity index (χ2v) is 15.9. The molecule has 58 heavy (non-hydrogen) atoms. The fourth-order valence-electron chi connectivity index (χ4n) is 5.51. The van der Waals surface area contributed by atoms with Gasteiger partial charge in [0.05, 0.1) is 13.2 Å². The van der Waals surface area contributed by atoms with Crippen molar-refractivity contribution >= 4 is 25.7 Å². The Bertz CT molecular complexity index is 1260. The minimum Gasteiger partial charge on any atom is -0.480 e. The Hall–Kier alpha value is -3.08. The number of carboxylic acids is 1. The number of ether oxygens (including phenoxy) is 2. The maximum absolute atomic E-state index is 12.6. The number of carboxylic acid groups (broad SMARTS) is 1. The van der Waals surface area contributed by atoms with Crippen LogP contribution in [-0.4, -0.2) is 59.9 Å². The fraction of sp³-hybridized carbons (Fsp3) is 0.674. The zero-order valence-corrected chi connectivity index (χ0v) is 36.8. The average Bonchev–Trinajstić information content (AvgIpc) is 3.20. The molecule has 0 aromatic heterocycles. The van der Waals surface area contributed by atoms with E-state index in [9.17, 15) is 23.8 Å². The normalized spacial score (nSPS) is 14.4. The summed E-state index contributed by atoms with van der Waals surface area (Å²) in [4.78, 5) is 46.0. The molecule has 12 heteroatoms. The Morgan fingerprint density at radius 1 is 0.552 bits per heavy atom. The minimum absolute atomic E-state index is 0.140. The van der Waals surface area contributed by atoms with Crippen molar-refractivity contribution in [3.63, 3.8) is 0 Å². The van der Waals surface area contributed by atoms with Gasteiger partial charge in [0, 0.05) is 12.8 Å². The van der Waals surface area contributed by atoms with Crippen molar-refractivity contribution in [2.24, 2.45) is 5.73 Å². The van der Waals surface area contributed by atoms with Crippen LogP contribution >= 0.6 is 7.82 Å². The van der Waals surface area contributed by atoms with Crippen molar-refractivity contribution in [3.8, 4) is 0 Å². The first-order valence-electron chi connectivity index (χ1n) is 22.0. The molecule has 0 heterocycles. The molecule has 4 N–H and O–H groups in total. The number of phosphoric ester groups is 1. The van der Waals surface area contributed by atoms with E-state index in [-0.39, 0.29) is 19.4 Å². The lowest BCUT2D eigenvalue weighted by atomic mass is 10.1. The first-order chi connectivity index (χ1) is 28.1. The van der Waals surface area contributed by atoms with Crippen LogP contribution in [0.3, 0.4) is 0 Å². The Morgan fingerprint density at radius 3 is 1.52 bits per heavy atom. The third-order valence-corrected chi connectivity index (χ3v) is 9.89. The molecular weight excluding hydrogens is 757 g/mol. The van der Waals surface area contributed by atoms with Gasteiger partial charge < -0.3 is 25.2 Å². The van der Waals surface area contributed by atoms with Gasteiger partial charge in [-0.15, -0.1) is 0 Å². The Balaban J connectivity index is 4.46. The van der Waals surface area contributed by atoms with Gasteiger partial charge in [0.1, 0.15) is 12.6 Å². The lowest BCUT2D eigenvalue weighted by Gasteiger charge is -2.20. The molecule has 0 amide bonds. The molecule has 0 fully saturated rings. The molecular formula is C46H78NO10P. The molecule has 11 nitrogen and oxygen atoms in total. The average molecular weight is 836 g/mol. The third-order valence-electron chi connectivity index (χ3n) is 8.94. The number of allylic oxidation sites excluding steroid dienone is 12. The number of hydrogen-bond donors (Lipinski definition) is 3. The highest BCUT2D eigenvalue weighted by Gasteiger charge is 2.28. The minimum atomic E-state index is -4.73. The lowest BCUT2D eigenvalue weighted by Crippen LogP contribution is -2.34. The summed E-state index contributed by atoms with van der Waals surface area (Å²) < 4.78 is 32.6. The van der Waals surface area contributed by atoms with Gasteiger partial charge in [-0.1, -0.05) is 151 Å². The van der Waals surface area contributed by atoms with Gasteiger partial charge in [-0.3, -0.25) is 23.4 Å². The maximum atomic E-state index is 12.6. The highest BCUT2D eigenvalue weighted by molar-refractivity contribution is 7.47. The van der Waals surface area contributed by atoms with Crippen LogP contribution in [0.2, 0.25) is 0 Å². The number of aliphatic carboxylic acids is 1. The predicted molar refractivity (Wildman–Crippen MR) is 235 cm³/mol. The highest BCUT2D eigenvalue weighted by Crippen LogP contribution is 2.43. The molecule has 0 aliphatic heterocycles. The topological polar surface area (TPSA) is 172 Å². The van der Waals surface area contributed by atoms with Crippen molar-refractivity contribution in [3.05, 3.63) is 72.9 Å². The first-order valence-corrected chi connectivity index (χ1v) is 23.5. The number of phosphoric acid groups is 1. The van der Waals surface area contributed by atoms with Gasteiger partial charge in [0.15, 0.2) is 6.10 Å². The molecule has 1 unspecified atom stereocenters. The number of hydrogen-bond acceptors (Lipinski definition) is 9. The summed E-state index contributed by atoms with van der Waals surface area (Å²) >= 11 is 0. The Morgan fingerprint density at radius 2 is 0.983 bits per heavy atom. The van der Waals surface area contributed by atoms with Crippen molar-refractivity contribution in [1.29, 1.82) is 0 Å². The molecule has 332 valence electrons. The largest absolute Gasteiger partial charge is 0.480 e. The summed E-state index contributed by atoms with van der Waals surface area (Å²) in [5.74, 6) is -2.46. The van der Waals surface area contributed by atoms with Gasteiger partial charge in [-0.25, -0.2) is 4.57 Å². The number of rotatable bonds is 40. The van der Waals surface area contributed by atoms with Crippen LogP contribution in [0.5, 0.6) is 0 Å². The van der Waals surface area contributed by atoms with Crippen molar-refractivity contribution < 1.29 is 47.5 Å². The van der Waals surface area contributed by atoms with Crippen LogP contribution in [0.1, 0.15) is 168 Å². The van der Waals surface area contributed by atoms with Crippen molar-refractivity contribution in [1.82, 2.24) is 0 Å². The molecule has 0 saturated heterocycles. The van der Waals surface area contributed by atoms with E-state index >= 15 is 0 Å². The maximum Gasteiger partial charge on any atom is 0.472 e. The van der Waals surface area contributed by atoms with E-state index in [1.165, 1.54) is 70.6 Å². The van der Waals surface area contributed by atoms with E-state index in [4.69, 9.17) is 24.8 Å². The van der Waals surface area contributed by atoms with Gasteiger partial charge >= 0.3 is 25.7 Å². The molecule has 0 spiro atoms. The molecule has 0 bridgehead atoms. The third kappa shape index (κ3) is 39.7. The molecule has 0 aromatic carbocycles. The van der Waals surface area contributed by atoms with Crippen LogP contribution in [0, 0.1) is 0 Å². The van der Waals surface area contributed by atoms with Crippen LogP contribution in [0.25, 0.3) is 0 Å². The smallest absolute Gasteiger partial charge is 0.472 e. The summed E-state index contributed by atoms with van der Waals surface area (Å²) in [5, 5.41) is 8.89. The van der Waals surface area contributed by atoms with Crippen LogP contribution in [0.15, 0.2) is 72.9 Å². The quantitative estimate of drug-likeness (QED) is 0.0232. The molecule has 0 rings (SSSR count). The van der Waals surface area contributed by atoms with Crippen LogP contribution in [-0.2, 0) is 37.5 Å². The summed E-state index contributed by atoms with van der Waals surface area (Å²) in [6.45, 7) is 2.61. The van der Waals surface area contributed by atoms with E-state index in [2.05, 4.69) is 79.1 Å². The van der Waals surface area contributed by atoms with Crippen LogP contribution in [0.4, 0.5) is 0 Å². The van der Waals surface area contributed by atoms with Gasteiger partial charge in [-0.05, 0) is 77.0 Å². The molecule has 0 aliphatic carbocycles. The van der Waals surface area contributed by atoms with Crippen molar-refractivity contribution in [2.75, 3.05) is 19.8 Å². The van der Waals surface area contributed by atoms with E-state index in [0.717, 1.165) is 51.4 Å². The molecule has 3 atom stereocenters. The van der Waals surface area contributed by atoms with Gasteiger partial charge in [0.2, 0.25) is 0 Å². The number of nitrogens with two attached hydrogens (primary N) is 1. The number of carbonyl (C=O) groups is 3. The zero-order chi connectivity index (χ0) is 42.8. The first kappa shape index (κ1) is 54.9. The fourth-order valence-corrected chi connectivity index (χ4v) is 6.28. The molecule has 0 saturated carbocycles. The summed E-state index contributed by atoms with van der Waals surface area (Å²) in [6.07, 6.45) is 48.3. The van der Waals surface area contributed by atoms with Gasteiger partial charge in [0.25, 0.3) is 0 Å². The summed E-state index contributed by atoms with van der Waals surface area (Å²) in [6, 6.07) is -1.53. The van der Waals surface area contributed by atoms with E-state index in [0.29, 0.717) is 19.3 Å². The van der Waals surface area contributed by atoms with E-state index in [1.807, 2.05) is 12.2 Å². The number of carbonyl (C=O) groups excluding carboxylic acids is 2. The van der Waals surface area contributed by atoms with Gasteiger partial charge in [-0.2, -0.15) is 0 Å². The lowest BCUT2D eigenvalue weighted by molar-refractivity contribution is -0.161. The number of unbranched alkanes of at least 4 members (excludes halogenated alkanes) is 14. The summed E-state index contributed by atoms with van der Waals surface area (Å²) in [5.41, 5.74) is 5.33. The standard InChI is InChI=1S/C46H78NO10P/c1-3-5-7-9-11-13-15-17-19-21-23-25-27-29-31-33-35-37-44(48)54-39-42(40-55-58(52,53)56-41-43(47)46(50)51)57-45(49)38-36-34-32-30-28-26-24-22-20-18-16-14-12-10-8-6-4-2/h5,7,11,13-14,16-17,19,23,25,29,31,42-43H,3-4,6,8-10,12,15,18,20-22,24,26-28,30,32-41,47H2,1-2H3,(H,50,51)(H,52,53)/b7-5+,13-11+,16-14+,19-17+,25-23+,31-29+/t42-,43+/m1/s1. The monoisotopic (exact) mass is 836 g/mol. The van der Waals surface area contributed by atoms with E-state index in [1.54, 1.807) is 0 Å². The Labute approximate surface area is 350 Å². The second kappa shape index (κ2) is 40.7. The predicted octanol–water partition coefficient (Wildman–Crippen LogP) is 11.7. The zero-order valence-electron chi connectivity index (χ0n) is 35.9. The molecule has 0 radical (unpaired) electrons. The Kier molecular flexibility index (Phi) is 38.5. The summed E-state index contributed by atoms with van der Waals surface area (Å²) in [7, 11) is -4.73. The van der Waals surface area contributed by atoms with Crippen LogP contribution < -0.4 is 5.73 Å². The highest BCUT2D eigenvalue weighted by atomic mass is 31.2. The molecule has 0 aromatic rings. The number of esters is 2. The molecule has 0 aliphatic rings. The van der Waals surface area contributed by atoms with E-state index < -0.39 is 51.1 Å².